The Labute approximate surface area is 187 Å². The number of carbonyl (C=O) groups is 1. The summed E-state index contributed by atoms with van der Waals surface area (Å²) >= 11 is 0. The molecule has 0 N–H and O–H groups in total. The van der Waals surface area contributed by atoms with Crippen molar-refractivity contribution in [2.24, 2.45) is 34.5 Å². The van der Waals surface area contributed by atoms with E-state index in [1.54, 1.807) is 14.0 Å². The van der Waals surface area contributed by atoms with Gasteiger partial charge in [-0.1, -0.05) is 32.1 Å². The molecule has 0 heterocycles. The number of allylic oxidation sites excluding steroid dienone is 2. The summed E-state index contributed by atoms with van der Waals surface area (Å²) in [6.07, 6.45) is 12.6. The van der Waals surface area contributed by atoms with Crippen LogP contribution in [0.4, 0.5) is 0 Å². The minimum absolute atomic E-state index is 0.104. The van der Waals surface area contributed by atoms with E-state index in [2.05, 4.69) is 44.2 Å². The number of benzene rings is 1. The van der Waals surface area contributed by atoms with Crippen LogP contribution in [0.1, 0.15) is 77.7 Å². The molecule has 31 heavy (non-hydrogen) atoms. The molecule has 4 aliphatic carbocycles. The molecule has 4 aliphatic rings. The third kappa shape index (κ3) is 3.34. The van der Waals surface area contributed by atoms with Crippen LogP contribution in [0.15, 0.2) is 30.3 Å². The number of rotatable bonds is 3. The number of carbonyl (C=O) groups excluding carboxylic acids is 1. The second kappa shape index (κ2) is 7.67. The van der Waals surface area contributed by atoms with Gasteiger partial charge in [-0.2, -0.15) is 0 Å². The fourth-order valence-electron chi connectivity index (χ4n) is 8.27. The van der Waals surface area contributed by atoms with Crippen LogP contribution < -0.4 is 4.74 Å². The minimum atomic E-state index is -0.104. The molecule has 1 aromatic rings. The van der Waals surface area contributed by atoms with E-state index in [9.17, 15) is 4.79 Å². The van der Waals surface area contributed by atoms with Crippen LogP contribution in [0.2, 0.25) is 0 Å². The standard InChI is InChI=1S/C28H38O3/c1-18(29)31-26-12-11-24-23-10-7-21-17-20(19-5-8-22(30-4)9-6-19)13-15-27(21,2)25(23)14-16-28(24,26)3/h5-6,8-9,13,21,23-26H,7,10-12,14-17H2,1-4H3/t21-,23+,24+,25-,26-,27-,28-/m0/s1. The first-order valence-electron chi connectivity index (χ1n) is 12.4. The summed E-state index contributed by atoms with van der Waals surface area (Å²) in [5, 5.41) is 0. The zero-order valence-corrected chi connectivity index (χ0v) is 19.7. The van der Waals surface area contributed by atoms with Crippen LogP contribution >= 0.6 is 0 Å². The zero-order chi connectivity index (χ0) is 21.8. The summed E-state index contributed by atoms with van der Waals surface area (Å²) in [7, 11) is 1.73. The van der Waals surface area contributed by atoms with Crippen molar-refractivity contribution in [3.05, 3.63) is 35.9 Å². The number of hydrogen-bond acceptors (Lipinski definition) is 3. The highest BCUT2D eigenvalue weighted by atomic mass is 16.5. The first kappa shape index (κ1) is 21.1. The van der Waals surface area contributed by atoms with Gasteiger partial charge in [-0.25, -0.2) is 0 Å². The topological polar surface area (TPSA) is 35.5 Å². The second-order valence-corrected chi connectivity index (χ2v) is 11.2. The van der Waals surface area contributed by atoms with Crippen molar-refractivity contribution >= 4 is 11.5 Å². The molecule has 1 aromatic carbocycles. The number of hydrogen-bond donors (Lipinski definition) is 0. The predicted molar refractivity (Wildman–Crippen MR) is 124 cm³/mol. The maximum absolute atomic E-state index is 11.7. The normalized spacial score (nSPS) is 41.4. The van der Waals surface area contributed by atoms with Gasteiger partial charge in [0.2, 0.25) is 0 Å². The second-order valence-electron chi connectivity index (χ2n) is 11.2. The van der Waals surface area contributed by atoms with Crippen LogP contribution in [0, 0.1) is 34.5 Å². The van der Waals surface area contributed by atoms with Crippen molar-refractivity contribution in [2.75, 3.05) is 7.11 Å². The molecule has 3 heteroatoms. The molecule has 0 radical (unpaired) electrons. The Kier molecular flexibility index (Phi) is 5.22. The molecule has 3 saturated carbocycles. The van der Waals surface area contributed by atoms with Crippen molar-refractivity contribution < 1.29 is 14.3 Å². The Hall–Kier alpha value is -1.77. The van der Waals surface area contributed by atoms with Gasteiger partial charge >= 0.3 is 5.97 Å². The van der Waals surface area contributed by atoms with E-state index in [1.807, 2.05) is 0 Å². The van der Waals surface area contributed by atoms with Crippen molar-refractivity contribution in [1.29, 1.82) is 0 Å². The van der Waals surface area contributed by atoms with Gasteiger partial charge in [0.15, 0.2) is 0 Å². The quantitative estimate of drug-likeness (QED) is 0.511. The van der Waals surface area contributed by atoms with E-state index in [-0.39, 0.29) is 17.5 Å². The van der Waals surface area contributed by atoms with Crippen LogP contribution in [-0.4, -0.2) is 19.2 Å². The van der Waals surface area contributed by atoms with E-state index in [0.717, 1.165) is 35.8 Å². The monoisotopic (exact) mass is 422 g/mol. The Morgan fingerprint density at radius 2 is 1.71 bits per heavy atom. The summed E-state index contributed by atoms with van der Waals surface area (Å²) in [5.74, 6) is 3.95. The van der Waals surface area contributed by atoms with Crippen LogP contribution in [-0.2, 0) is 9.53 Å². The molecule has 3 fully saturated rings. The van der Waals surface area contributed by atoms with E-state index in [4.69, 9.17) is 9.47 Å². The number of ether oxygens (including phenoxy) is 2. The molecule has 0 bridgehead atoms. The van der Waals surface area contributed by atoms with Gasteiger partial charge in [0.1, 0.15) is 11.9 Å². The Balaban J connectivity index is 1.36. The van der Waals surface area contributed by atoms with E-state index < -0.39 is 0 Å². The van der Waals surface area contributed by atoms with Gasteiger partial charge in [0.05, 0.1) is 7.11 Å². The number of methoxy groups -OCH3 is 1. The molecule has 0 amide bonds. The summed E-state index contributed by atoms with van der Waals surface area (Å²) in [6.45, 7) is 6.59. The first-order valence-corrected chi connectivity index (χ1v) is 12.4. The summed E-state index contributed by atoms with van der Waals surface area (Å²) in [6, 6.07) is 8.61. The lowest BCUT2D eigenvalue weighted by Gasteiger charge is -2.60. The van der Waals surface area contributed by atoms with Crippen molar-refractivity contribution in [3.8, 4) is 5.75 Å². The van der Waals surface area contributed by atoms with Gasteiger partial charge in [-0.05, 0) is 104 Å². The highest BCUT2D eigenvalue weighted by Gasteiger charge is 2.60. The molecule has 0 aliphatic heterocycles. The maximum atomic E-state index is 11.7. The summed E-state index contributed by atoms with van der Waals surface area (Å²) in [5.41, 5.74) is 3.50. The van der Waals surface area contributed by atoms with Crippen LogP contribution in [0.25, 0.3) is 5.57 Å². The Morgan fingerprint density at radius 1 is 0.968 bits per heavy atom. The average Bonchev–Trinajstić information content (AvgIpc) is 3.09. The summed E-state index contributed by atoms with van der Waals surface area (Å²) < 4.78 is 11.2. The van der Waals surface area contributed by atoms with Crippen molar-refractivity contribution in [3.63, 3.8) is 0 Å². The average molecular weight is 423 g/mol. The molecule has 0 unspecified atom stereocenters. The van der Waals surface area contributed by atoms with Gasteiger partial charge in [0, 0.05) is 12.3 Å². The third-order valence-corrected chi connectivity index (χ3v) is 10.0. The maximum Gasteiger partial charge on any atom is 0.302 e. The molecule has 7 atom stereocenters. The lowest BCUT2D eigenvalue weighted by atomic mass is 9.45. The molecule has 168 valence electrons. The minimum Gasteiger partial charge on any atom is -0.497 e. The van der Waals surface area contributed by atoms with Gasteiger partial charge in [-0.15, -0.1) is 0 Å². The molecule has 0 saturated heterocycles. The fraction of sp³-hybridized carbons (Fsp3) is 0.679. The van der Waals surface area contributed by atoms with Gasteiger partial charge in [-0.3, -0.25) is 4.79 Å². The van der Waals surface area contributed by atoms with Crippen molar-refractivity contribution in [1.82, 2.24) is 0 Å². The SMILES string of the molecule is COc1ccc(C2=CC[C@@]3(C)[C@@H](CC[C@@H]4[C@H]5CC[C@H](OC(C)=O)[C@@]5(C)CC[C@@H]43)C2)cc1. The molecular weight excluding hydrogens is 384 g/mol. The highest BCUT2D eigenvalue weighted by Crippen LogP contribution is 2.66. The number of esters is 1. The third-order valence-electron chi connectivity index (χ3n) is 10.0. The Morgan fingerprint density at radius 3 is 2.42 bits per heavy atom. The largest absolute Gasteiger partial charge is 0.497 e. The number of fused-ring (bicyclic) bond motifs is 5. The van der Waals surface area contributed by atoms with E-state index in [0.29, 0.717) is 5.41 Å². The first-order chi connectivity index (χ1) is 14.8. The highest BCUT2D eigenvalue weighted by molar-refractivity contribution is 5.67. The molecular formula is C28H38O3. The lowest BCUT2D eigenvalue weighted by molar-refractivity contribution is -0.159. The predicted octanol–water partition coefficient (Wildman–Crippen LogP) is 6.66. The molecule has 3 nitrogen and oxygen atoms in total. The summed E-state index contributed by atoms with van der Waals surface area (Å²) in [4.78, 5) is 11.7. The zero-order valence-electron chi connectivity index (χ0n) is 19.7. The van der Waals surface area contributed by atoms with E-state index in [1.165, 1.54) is 56.1 Å². The van der Waals surface area contributed by atoms with Gasteiger partial charge < -0.3 is 9.47 Å². The molecule has 5 rings (SSSR count). The van der Waals surface area contributed by atoms with E-state index >= 15 is 0 Å². The van der Waals surface area contributed by atoms with Crippen LogP contribution in [0.3, 0.4) is 0 Å². The Bertz CT molecular complexity index is 871. The fourth-order valence-corrected chi connectivity index (χ4v) is 8.27. The lowest BCUT2D eigenvalue weighted by Crippen LogP contribution is -2.53. The van der Waals surface area contributed by atoms with Crippen molar-refractivity contribution in [2.45, 2.75) is 78.2 Å². The molecule has 0 spiro atoms. The molecule has 0 aromatic heterocycles. The van der Waals surface area contributed by atoms with Gasteiger partial charge in [0.25, 0.3) is 0 Å². The smallest absolute Gasteiger partial charge is 0.302 e. The van der Waals surface area contributed by atoms with Crippen LogP contribution in [0.5, 0.6) is 5.75 Å².